The van der Waals surface area contributed by atoms with E-state index >= 15 is 0 Å². The first-order valence-electron chi connectivity index (χ1n) is 7.17. The zero-order valence-electron chi connectivity index (χ0n) is 12.6. The van der Waals surface area contributed by atoms with Crippen LogP contribution in [0, 0.1) is 0 Å². The summed E-state index contributed by atoms with van der Waals surface area (Å²) in [6.07, 6.45) is 1.41. The summed E-state index contributed by atoms with van der Waals surface area (Å²) in [5, 5.41) is 12.2. The number of aliphatic hydroxyl groups is 1. The average molecular weight is 279 g/mol. The van der Waals surface area contributed by atoms with Crippen LogP contribution in [0.2, 0.25) is 0 Å². The van der Waals surface area contributed by atoms with E-state index in [-0.39, 0.29) is 24.7 Å². The molecular weight excluding hydrogens is 254 g/mol. The predicted octanol–water partition coefficient (Wildman–Crippen LogP) is 2.21. The van der Waals surface area contributed by atoms with Gasteiger partial charge in [-0.2, -0.15) is 0 Å². The molecule has 0 heterocycles. The van der Waals surface area contributed by atoms with Gasteiger partial charge in [-0.25, -0.2) is 0 Å². The van der Waals surface area contributed by atoms with Crippen molar-refractivity contribution in [2.45, 2.75) is 45.8 Å². The van der Waals surface area contributed by atoms with Crippen LogP contribution in [0.4, 0.5) is 0 Å². The Morgan fingerprint density at radius 3 is 2.45 bits per heavy atom. The standard InChI is InChI=1S/C16H25NO3/c1-4-13-5-7-14(8-6-13)15(11-18)17-16(19)9-10-20-12(2)3/h5-8,12,15,18H,4,9-11H2,1-3H3,(H,17,19). The largest absolute Gasteiger partial charge is 0.394 e. The molecule has 0 fully saturated rings. The number of carbonyl (C=O) groups is 1. The molecule has 0 aromatic heterocycles. The van der Waals surface area contributed by atoms with Crippen molar-refractivity contribution in [3.8, 4) is 0 Å². The van der Waals surface area contributed by atoms with E-state index in [1.54, 1.807) is 0 Å². The molecule has 4 nitrogen and oxygen atoms in total. The summed E-state index contributed by atoms with van der Waals surface area (Å²) < 4.78 is 5.34. The SMILES string of the molecule is CCc1ccc(C(CO)NC(=O)CCOC(C)C)cc1. The average Bonchev–Trinajstić information content (AvgIpc) is 2.44. The fourth-order valence-corrected chi connectivity index (χ4v) is 1.87. The first-order valence-corrected chi connectivity index (χ1v) is 7.17. The molecule has 0 radical (unpaired) electrons. The highest BCUT2D eigenvalue weighted by Crippen LogP contribution is 2.14. The number of nitrogens with one attached hydrogen (secondary N) is 1. The van der Waals surface area contributed by atoms with Crippen molar-refractivity contribution in [2.75, 3.05) is 13.2 Å². The molecule has 1 aromatic carbocycles. The molecule has 0 aliphatic rings. The molecule has 0 saturated heterocycles. The molecule has 0 aliphatic carbocycles. The number of benzene rings is 1. The third kappa shape index (κ3) is 5.72. The molecular formula is C16H25NO3. The van der Waals surface area contributed by atoms with Crippen LogP contribution in [0.15, 0.2) is 24.3 Å². The molecule has 1 unspecified atom stereocenters. The lowest BCUT2D eigenvalue weighted by Crippen LogP contribution is -2.31. The molecule has 0 spiro atoms. The summed E-state index contributed by atoms with van der Waals surface area (Å²) in [5.41, 5.74) is 2.16. The van der Waals surface area contributed by atoms with Gasteiger partial charge in [0.2, 0.25) is 5.91 Å². The van der Waals surface area contributed by atoms with Crippen molar-refractivity contribution in [1.29, 1.82) is 0 Å². The Morgan fingerprint density at radius 2 is 1.95 bits per heavy atom. The molecule has 1 amide bonds. The molecule has 112 valence electrons. The van der Waals surface area contributed by atoms with Crippen molar-refractivity contribution in [1.82, 2.24) is 5.32 Å². The normalized spacial score (nSPS) is 12.4. The zero-order chi connectivity index (χ0) is 15.0. The lowest BCUT2D eigenvalue weighted by atomic mass is 10.0. The predicted molar refractivity (Wildman–Crippen MR) is 79.5 cm³/mol. The summed E-state index contributed by atoms with van der Waals surface area (Å²) in [4.78, 5) is 11.8. The fraction of sp³-hybridized carbons (Fsp3) is 0.562. The molecule has 1 rings (SSSR count). The Kier molecular flexibility index (Phi) is 7.26. The molecule has 0 saturated carbocycles. The summed E-state index contributed by atoms with van der Waals surface area (Å²) in [6.45, 7) is 6.25. The van der Waals surface area contributed by atoms with E-state index in [0.717, 1.165) is 12.0 Å². The second-order valence-electron chi connectivity index (χ2n) is 5.07. The van der Waals surface area contributed by atoms with E-state index in [4.69, 9.17) is 4.74 Å². The molecule has 1 atom stereocenters. The first kappa shape index (κ1) is 16.7. The van der Waals surface area contributed by atoms with Crippen molar-refractivity contribution < 1.29 is 14.6 Å². The van der Waals surface area contributed by atoms with E-state index in [2.05, 4.69) is 12.2 Å². The van der Waals surface area contributed by atoms with Crippen LogP contribution in [0.3, 0.4) is 0 Å². The van der Waals surface area contributed by atoms with Crippen LogP contribution in [0.5, 0.6) is 0 Å². The fourth-order valence-electron chi connectivity index (χ4n) is 1.87. The molecule has 20 heavy (non-hydrogen) atoms. The number of hydrogen-bond donors (Lipinski definition) is 2. The Balaban J connectivity index is 2.50. The number of amides is 1. The molecule has 0 aliphatic heterocycles. The van der Waals surface area contributed by atoms with Gasteiger partial charge in [0.15, 0.2) is 0 Å². The maximum absolute atomic E-state index is 11.8. The monoisotopic (exact) mass is 279 g/mol. The van der Waals surface area contributed by atoms with Gasteiger partial charge in [0.1, 0.15) is 0 Å². The van der Waals surface area contributed by atoms with Crippen molar-refractivity contribution in [3.63, 3.8) is 0 Å². The van der Waals surface area contributed by atoms with Crippen molar-refractivity contribution >= 4 is 5.91 Å². The Morgan fingerprint density at radius 1 is 1.30 bits per heavy atom. The van der Waals surface area contributed by atoms with E-state index in [1.165, 1.54) is 5.56 Å². The number of aliphatic hydroxyl groups excluding tert-OH is 1. The van der Waals surface area contributed by atoms with Gasteiger partial charge in [-0.15, -0.1) is 0 Å². The number of aryl methyl sites for hydroxylation is 1. The second kappa shape index (κ2) is 8.72. The van der Waals surface area contributed by atoms with E-state index in [0.29, 0.717) is 13.0 Å². The highest BCUT2D eigenvalue weighted by Gasteiger charge is 2.13. The molecule has 4 heteroatoms. The second-order valence-corrected chi connectivity index (χ2v) is 5.07. The summed E-state index contributed by atoms with van der Waals surface area (Å²) >= 11 is 0. The van der Waals surface area contributed by atoms with Crippen LogP contribution >= 0.6 is 0 Å². The molecule has 2 N–H and O–H groups in total. The van der Waals surface area contributed by atoms with Gasteiger partial charge in [0.25, 0.3) is 0 Å². The summed E-state index contributed by atoms with van der Waals surface area (Å²) in [5.74, 6) is -0.107. The third-order valence-electron chi connectivity index (χ3n) is 3.09. The van der Waals surface area contributed by atoms with E-state index < -0.39 is 0 Å². The Bertz CT molecular complexity index is 401. The van der Waals surface area contributed by atoms with Crippen LogP contribution in [0.1, 0.15) is 44.4 Å². The highest BCUT2D eigenvalue weighted by atomic mass is 16.5. The smallest absolute Gasteiger partial charge is 0.222 e. The van der Waals surface area contributed by atoms with Gasteiger partial charge in [0.05, 0.1) is 25.4 Å². The van der Waals surface area contributed by atoms with Gasteiger partial charge < -0.3 is 15.2 Å². The maximum atomic E-state index is 11.8. The van der Waals surface area contributed by atoms with Gasteiger partial charge >= 0.3 is 0 Å². The van der Waals surface area contributed by atoms with Crippen LogP contribution < -0.4 is 5.32 Å². The Hall–Kier alpha value is -1.39. The van der Waals surface area contributed by atoms with Crippen molar-refractivity contribution in [3.05, 3.63) is 35.4 Å². The van der Waals surface area contributed by atoms with E-state index in [9.17, 15) is 9.90 Å². The number of ether oxygens (including phenoxy) is 1. The minimum Gasteiger partial charge on any atom is -0.394 e. The first-order chi connectivity index (χ1) is 9.56. The summed E-state index contributed by atoms with van der Waals surface area (Å²) in [7, 11) is 0. The lowest BCUT2D eigenvalue weighted by Gasteiger charge is -2.17. The number of carbonyl (C=O) groups excluding carboxylic acids is 1. The van der Waals surface area contributed by atoms with Gasteiger partial charge in [0, 0.05) is 6.42 Å². The highest BCUT2D eigenvalue weighted by molar-refractivity contribution is 5.76. The quantitative estimate of drug-likeness (QED) is 0.767. The van der Waals surface area contributed by atoms with Gasteiger partial charge in [-0.05, 0) is 31.4 Å². The summed E-state index contributed by atoms with van der Waals surface area (Å²) in [6, 6.07) is 7.58. The van der Waals surface area contributed by atoms with Gasteiger partial charge in [-0.3, -0.25) is 4.79 Å². The van der Waals surface area contributed by atoms with E-state index in [1.807, 2.05) is 38.1 Å². The third-order valence-corrected chi connectivity index (χ3v) is 3.09. The van der Waals surface area contributed by atoms with Crippen LogP contribution in [0.25, 0.3) is 0 Å². The van der Waals surface area contributed by atoms with Gasteiger partial charge in [-0.1, -0.05) is 31.2 Å². The van der Waals surface area contributed by atoms with Crippen LogP contribution in [-0.4, -0.2) is 30.3 Å². The maximum Gasteiger partial charge on any atom is 0.222 e. The number of rotatable bonds is 8. The number of hydrogen-bond acceptors (Lipinski definition) is 3. The minimum absolute atomic E-state index is 0.107. The van der Waals surface area contributed by atoms with Crippen LogP contribution in [-0.2, 0) is 16.0 Å². The topological polar surface area (TPSA) is 58.6 Å². The Labute approximate surface area is 121 Å². The zero-order valence-corrected chi connectivity index (χ0v) is 12.6. The lowest BCUT2D eigenvalue weighted by molar-refractivity contribution is -0.123. The molecule has 0 bridgehead atoms. The van der Waals surface area contributed by atoms with Crippen molar-refractivity contribution in [2.24, 2.45) is 0 Å². The molecule has 1 aromatic rings. The minimum atomic E-state index is -0.354.